The van der Waals surface area contributed by atoms with Crippen LogP contribution in [0.15, 0.2) is 39.4 Å². The summed E-state index contributed by atoms with van der Waals surface area (Å²) in [4.78, 5) is 4.25. The minimum absolute atomic E-state index is 0.356. The SMILES string of the molecule is Cc1ccc(Br)cc1Oc1ncc(Br)cc1CCl. The highest BCUT2D eigenvalue weighted by molar-refractivity contribution is 9.10. The molecular formula is C13H10Br2ClNO. The molecule has 0 amide bonds. The third kappa shape index (κ3) is 3.25. The molecular weight excluding hydrogens is 381 g/mol. The molecule has 0 aliphatic rings. The minimum Gasteiger partial charge on any atom is -0.438 e. The van der Waals surface area contributed by atoms with E-state index in [-0.39, 0.29) is 0 Å². The number of hydrogen-bond donors (Lipinski definition) is 0. The van der Waals surface area contributed by atoms with Crippen LogP contribution in [0.4, 0.5) is 0 Å². The Balaban J connectivity index is 2.36. The molecule has 1 heterocycles. The van der Waals surface area contributed by atoms with Gasteiger partial charge in [0, 0.05) is 20.7 Å². The van der Waals surface area contributed by atoms with Crippen LogP contribution in [0.3, 0.4) is 0 Å². The molecule has 18 heavy (non-hydrogen) atoms. The Morgan fingerprint density at radius 3 is 2.72 bits per heavy atom. The first-order valence-corrected chi connectivity index (χ1v) is 7.36. The number of hydrogen-bond acceptors (Lipinski definition) is 2. The van der Waals surface area contributed by atoms with E-state index >= 15 is 0 Å². The van der Waals surface area contributed by atoms with E-state index in [0.29, 0.717) is 11.8 Å². The number of benzene rings is 1. The van der Waals surface area contributed by atoms with Gasteiger partial charge in [-0.3, -0.25) is 0 Å². The van der Waals surface area contributed by atoms with Crippen molar-refractivity contribution < 1.29 is 4.74 Å². The van der Waals surface area contributed by atoms with Gasteiger partial charge in [-0.1, -0.05) is 22.0 Å². The summed E-state index contributed by atoms with van der Waals surface area (Å²) in [6.07, 6.45) is 1.69. The van der Waals surface area contributed by atoms with Gasteiger partial charge in [0.05, 0.1) is 5.88 Å². The molecule has 1 aromatic carbocycles. The third-order valence-electron chi connectivity index (χ3n) is 2.39. The Kier molecular flexibility index (Phi) is 4.65. The first-order chi connectivity index (χ1) is 8.60. The number of ether oxygens (including phenoxy) is 1. The lowest BCUT2D eigenvalue weighted by Crippen LogP contribution is -1.94. The summed E-state index contributed by atoms with van der Waals surface area (Å²) >= 11 is 12.7. The number of aromatic nitrogens is 1. The van der Waals surface area contributed by atoms with E-state index in [1.54, 1.807) is 6.20 Å². The van der Waals surface area contributed by atoms with Gasteiger partial charge >= 0.3 is 0 Å². The largest absolute Gasteiger partial charge is 0.438 e. The highest BCUT2D eigenvalue weighted by Gasteiger charge is 2.09. The summed E-state index contributed by atoms with van der Waals surface area (Å²) in [7, 11) is 0. The molecule has 0 fully saturated rings. The predicted octanol–water partition coefficient (Wildman–Crippen LogP) is 5.45. The van der Waals surface area contributed by atoms with Crippen LogP contribution >= 0.6 is 43.5 Å². The number of halogens is 3. The van der Waals surface area contributed by atoms with Crippen LogP contribution in [-0.4, -0.2) is 4.98 Å². The fourth-order valence-corrected chi connectivity index (χ4v) is 2.35. The van der Waals surface area contributed by atoms with Crippen molar-refractivity contribution in [1.29, 1.82) is 0 Å². The van der Waals surface area contributed by atoms with Crippen LogP contribution in [0.5, 0.6) is 11.6 Å². The quantitative estimate of drug-likeness (QED) is 0.650. The molecule has 0 atom stereocenters. The van der Waals surface area contributed by atoms with Crippen LogP contribution in [-0.2, 0) is 5.88 Å². The highest BCUT2D eigenvalue weighted by Crippen LogP contribution is 2.30. The topological polar surface area (TPSA) is 22.1 Å². The molecule has 2 nitrogen and oxygen atoms in total. The van der Waals surface area contributed by atoms with Crippen molar-refractivity contribution in [3.63, 3.8) is 0 Å². The molecule has 2 aromatic rings. The van der Waals surface area contributed by atoms with Gasteiger partial charge in [-0.2, -0.15) is 0 Å². The second kappa shape index (κ2) is 6.04. The van der Waals surface area contributed by atoms with Gasteiger partial charge in [-0.25, -0.2) is 4.98 Å². The average molecular weight is 391 g/mol. The van der Waals surface area contributed by atoms with E-state index in [1.807, 2.05) is 31.2 Å². The molecule has 1 aromatic heterocycles. The lowest BCUT2D eigenvalue weighted by Gasteiger charge is -2.11. The van der Waals surface area contributed by atoms with Crippen LogP contribution in [0.25, 0.3) is 0 Å². The molecule has 0 aliphatic carbocycles. The summed E-state index contributed by atoms with van der Waals surface area (Å²) in [5, 5.41) is 0. The molecule has 94 valence electrons. The molecule has 5 heteroatoms. The van der Waals surface area contributed by atoms with Gasteiger partial charge in [-0.05, 0) is 46.6 Å². The smallest absolute Gasteiger partial charge is 0.223 e. The molecule has 0 N–H and O–H groups in total. The van der Waals surface area contributed by atoms with Gasteiger partial charge in [0.25, 0.3) is 0 Å². The maximum atomic E-state index is 5.89. The molecule has 2 rings (SSSR count). The minimum atomic E-state index is 0.356. The molecule has 0 unspecified atom stereocenters. The van der Waals surface area contributed by atoms with Crippen molar-refractivity contribution in [2.45, 2.75) is 12.8 Å². The summed E-state index contributed by atoms with van der Waals surface area (Å²) in [6, 6.07) is 7.78. The van der Waals surface area contributed by atoms with Gasteiger partial charge < -0.3 is 4.74 Å². The second-order valence-electron chi connectivity index (χ2n) is 3.76. The van der Waals surface area contributed by atoms with Crippen LogP contribution in [0.2, 0.25) is 0 Å². The van der Waals surface area contributed by atoms with Crippen molar-refractivity contribution >= 4 is 43.5 Å². The van der Waals surface area contributed by atoms with Crippen LogP contribution < -0.4 is 4.74 Å². The standard InChI is InChI=1S/C13H10Br2ClNO/c1-8-2-3-10(14)5-12(8)18-13-9(6-16)4-11(15)7-17-13/h2-5,7H,6H2,1H3. The predicted molar refractivity (Wildman–Crippen MR) is 80.4 cm³/mol. The van der Waals surface area contributed by atoms with Gasteiger partial charge in [0.15, 0.2) is 0 Å². The number of aryl methyl sites for hydroxylation is 1. The second-order valence-corrected chi connectivity index (χ2v) is 5.86. The highest BCUT2D eigenvalue weighted by atomic mass is 79.9. The zero-order valence-corrected chi connectivity index (χ0v) is 13.5. The zero-order chi connectivity index (χ0) is 13.1. The fourth-order valence-electron chi connectivity index (χ4n) is 1.44. The molecule has 0 aliphatic heterocycles. The van der Waals surface area contributed by atoms with Crippen molar-refractivity contribution in [2.24, 2.45) is 0 Å². The first kappa shape index (κ1) is 13.8. The van der Waals surface area contributed by atoms with E-state index in [0.717, 1.165) is 25.8 Å². The third-order valence-corrected chi connectivity index (χ3v) is 3.61. The van der Waals surface area contributed by atoms with Gasteiger partial charge in [0.1, 0.15) is 5.75 Å². The van der Waals surface area contributed by atoms with Crippen molar-refractivity contribution in [2.75, 3.05) is 0 Å². The molecule has 0 saturated heterocycles. The van der Waals surface area contributed by atoms with E-state index in [2.05, 4.69) is 36.8 Å². The van der Waals surface area contributed by atoms with E-state index in [9.17, 15) is 0 Å². The summed E-state index contributed by atoms with van der Waals surface area (Å²) in [5.74, 6) is 1.66. The monoisotopic (exact) mass is 389 g/mol. The maximum absolute atomic E-state index is 5.89. The van der Waals surface area contributed by atoms with E-state index < -0.39 is 0 Å². The lowest BCUT2D eigenvalue weighted by molar-refractivity contribution is 0.454. The van der Waals surface area contributed by atoms with E-state index in [1.165, 1.54) is 0 Å². The van der Waals surface area contributed by atoms with Crippen LogP contribution in [0, 0.1) is 6.92 Å². The Hall–Kier alpha value is -0.580. The Labute approximate surface area is 128 Å². The summed E-state index contributed by atoms with van der Waals surface area (Å²) < 4.78 is 7.67. The fraction of sp³-hybridized carbons (Fsp3) is 0.154. The molecule has 0 spiro atoms. The van der Waals surface area contributed by atoms with Crippen molar-refractivity contribution in [3.8, 4) is 11.6 Å². The average Bonchev–Trinajstić information content (AvgIpc) is 2.36. The van der Waals surface area contributed by atoms with Crippen molar-refractivity contribution in [1.82, 2.24) is 4.98 Å². The summed E-state index contributed by atoms with van der Waals surface area (Å²) in [5.41, 5.74) is 1.90. The van der Waals surface area contributed by atoms with E-state index in [4.69, 9.17) is 16.3 Å². The number of alkyl halides is 1. The first-order valence-electron chi connectivity index (χ1n) is 5.24. The summed E-state index contributed by atoms with van der Waals surface area (Å²) in [6.45, 7) is 1.99. The molecule has 0 saturated carbocycles. The number of nitrogens with zero attached hydrogens (tertiary/aromatic N) is 1. The van der Waals surface area contributed by atoms with Gasteiger partial charge in [0.2, 0.25) is 5.88 Å². The zero-order valence-electron chi connectivity index (χ0n) is 9.58. The Morgan fingerprint density at radius 1 is 1.22 bits per heavy atom. The number of rotatable bonds is 3. The maximum Gasteiger partial charge on any atom is 0.223 e. The Morgan fingerprint density at radius 2 is 2.00 bits per heavy atom. The van der Waals surface area contributed by atoms with Gasteiger partial charge in [-0.15, -0.1) is 11.6 Å². The normalized spacial score (nSPS) is 10.4. The van der Waals surface area contributed by atoms with Crippen molar-refractivity contribution in [3.05, 3.63) is 50.5 Å². The van der Waals surface area contributed by atoms with Crippen LogP contribution in [0.1, 0.15) is 11.1 Å². The molecule has 0 radical (unpaired) electrons. The molecule has 0 bridgehead atoms. The number of pyridine rings is 1. The Bertz CT molecular complexity index is 575. The lowest BCUT2D eigenvalue weighted by atomic mass is 10.2.